The van der Waals surface area contributed by atoms with E-state index in [1.165, 1.54) is 0 Å². The van der Waals surface area contributed by atoms with E-state index in [2.05, 4.69) is 32.8 Å². The summed E-state index contributed by atoms with van der Waals surface area (Å²) in [5.41, 5.74) is 0. The van der Waals surface area contributed by atoms with Crippen molar-refractivity contribution in [2.45, 2.75) is 6.92 Å². The second-order valence-electron chi connectivity index (χ2n) is 3.16. The Bertz CT molecular complexity index is 128. The van der Waals surface area contributed by atoms with Crippen LogP contribution in [0.5, 0.6) is 0 Å². The maximum absolute atomic E-state index is 3.71. The Morgan fingerprint density at radius 2 is 1.82 bits per heavy atom. The van der Waals surface area contributed by atoms with Gasteiger partial charge in [-0.25, -0.2) is 0 Å². The number of quaternary nitrogens is 1. The van der Waals surface area contributed by atoms with Crippen LogP contribution in [0.1, 0.15) is 6.92 Å². The summed E-state index contributed by atoms with van der Waals surface area (Å²) in [7, 11) is 4.39. The molecule has 0 fully saturated rings. The zero-order valence-corrected chi connectivity index (χ0v) is 8.43. The molecule has 0 atom stereocenters. The quantitative estimate of drug-likeness (QED) is 0.373. The van der Waals surface area contributed by atoms with Gasteiger partial charge in [-0.05, 0) is 19.1 Å². The molecule has 0 spiro atoms. The molecule has 0 saturated heterocycles. The molecular weight excluding hydrogens is 158 g/mol. The molecule has 0 N–H and O–H groups in total. The van der Waals surface area contributed by atoms with Crippen LogP contribution in [0, 0.1) is 0 Å². The lowest BCUT2D eigenvalue weighted by Gasteiger charge is -2.26. The predicted octanol–water partition coefficient (Wildman–Crippen LogP) is -1.17. The fraction of sp³-hybridized carbons (Fsp3) is 0.556. The number of halogens is 1. The Labute approximate surface area is 76.4 Å². The van der Waals surface area contributed by atoms with E-state index < -0.39 is 0 Å². The minimum atomic E-state index is 0. The van der Waals surface area contributed by atoms with E-state index in [-0.39, 0.29) is 12.4 Å². The van der Waals surface area contributed by atoms with Crippen LogP contribution in [0.25, 0.3) is 0 Å². The first-order valence-electron chi connectivity index (χ1n) is 3.66. The second kappa shape index (κ2) is 6.44. The van der Waals surface area contributed by atoms with Crippen LogP contribution in [0.2, 0.25) is 0 Å². The van der Waals surface area contributed by atoms with Crippen molar-refractivity contribution in [2.75, 3.05) is 27.2 Å². The SMILES string of the molecule is C=CC[N+](C)(C)CC=CC.[Cl-]. The van der Waals surface area contributed by atoms with Gasteiger partial charge in [0.25, 0.3) is 0 Å². The summed E-state index contributed by atoms with van der Waals surface area (Å²) in [5.74, 6) is 0. The van der Waals surface area contributed by atoms with Crippen molar-refractivity contribution in [1.29, 1.82) is 0 Å². The van der Waals surface area contributed by atoms with Gasteiger partial charge in [0.05, 0.1) is 27.2 Å². The number of hydrogen-bond acceptors (Lipinski definition) is 0. The van der Waals surface area contributed by atoms with Gasteiger partial charge in [0.1, 0.15) is 0 Å². The van der Waals surface area contributed by atoms with Crippen molar-refractivity contribution in [1.82, 2.24) is 0 Å². The van der Waals surface area contributed by atoms with E-state index in [9.17, 15) is 0 Å². The second-order valence-corrected chi connectivity index (χ2v) is 3.16. The standard InChI is InChI=1S/C9H18N.ClH/c1-5-7-9-10(3,4)8-6-2;/h5-7H,2,8-9H2,1,3-4H3;1H/q+1;/p-1. The van der Waals surface area contributed by atoms with Gasteiger partial charge in [-0.3, -0.25) is 0 Å². The van der Waals surface area contributed by atoms with Gasteiger partial charge in [0.15, 0.2) is 0 Å². The molecule has 0 heterocycles. The lowest BCUT2D eigenvalue weighted by atomic mass is 10.4. The van der Waals surface area contributed by atoms with Crippen molar-refractivity contribution in [3.05, 3.63) is 24.8 Å². The Morgan fingerprint density at radius 3 is 2.18 bits per heavy atom. The van der Waals surface area contributed by atoms with E-state index in [4.69, 9.17) is 0 Å². The maximum Gasteiger partial charge on any atom is 0.0971 e. The monoisotopic (exact) mass is 175 g/mol. The summed E-state index contributed by atoms with van der Waals surface area (Å²) >= 11 is 0. The van der Waals surface area contributed by atoms with Crippen molar-refractivity contribution in [3.63, 3.8) is 0 Å². The molecule has 1 nitrogen and oxygen atoms in total. The Morgan fingerprint density at radius 1 is 1.27 bits per heavy atom. The minimum Gasteiger partial charge on any atom is -1.00 e. The zero-order chi connectivity index (χ0) is 8.04. The highest BCUT2D eigenvalue weighted by atomic mass is 35.5. The third-order valence-electron chi connectivity index (χ3n) is 1.46. The molecule has 0 rings (SSSR count). The highest BCUT2D eigenvalue weighted by Gasteiger charge is 2.08. The summed E-state index contributed by atoms with van der Waals surface area (Å²) in [4.78, 5) is 0. The molecule has 11 heavy (non-hydrogen) atoms. The van der Waals surface area contributed by atoms with E-state index in [1.54, 1.807) is 0 Å². The Kier molecular flexibility index (Phi) is 7.80. The van der Waals surface area contributed by atoms with E-state index >= 15 is 0 Å². The smallest absolute Gasteiger partial charge is 0.0971 e. The summed E-state index contributed by atoms with van der Waals surface area (Å²) < 4.78 is 0.994. The highest BCUT2D eigenvalue weighted by Crippen LogP contribution is 1.96. The minimum absolute atomic E-state index is 0. The van der Waals surface area contributed by atoms with Crippen LogP contribution in [0.4, 0.5) is 0 Å². The Hall–Kier alpha value is -0.270. The van der Waals surface area contributed by atoms with E-state index in [0.29, 0.717) is 0 Å². The van der Waals surface area contributed by atoms with Crippen molar-refractivity contribution >= 4 is 0 Å². The van der Waals surface area contributed by atoms with E-state index in [1.807, 2.05) is 13.0 Å². The lowest BCUT2D eigenvalue weighted by molar-refractivity contribution is -0.878. The summed E-state index contributed by atoms with van der Waals surface area (Å²) in [6.07, 6.45) is 6.23. The van der Waals surface area contributed by atoms with Crippen LogP contribution in [0.15, 0.2) is 24.8 Å². The summed E-state index contributed by atoms with van der Waals surface area (Å²) in [6.45, 7) is 7.88. The molecule has 0 bridgehead atoms. The lowest BCUT2D eigenvalue weighted by Crippen LogP contribution is -3.00. The molecule has 2 heteroatoms. The summed E-state index contributed by atoms with van der Waals surface area (Å²) in [6, 6.07) is 0. The van der Waals surface area contributed by atoms with Gasteiger partial charge in [-0.2, -0.15) is 0 Å². The molecule has 0 saturated carbocycles. The maximum atomic E-state index is 3.71. The number of hydrogen-bond donors (Lipinski definition) is 0. The van der Waals surface area contributed by atoms with Gasteiger partial charge in [0, 0.05) is 0 Å². The normalized spacial score (nSPS) is 11.2. The van der Waals surface area contributed by atoms with Crippen LogP contribution in [0.3, 0.4) is 0 Å². The van der Waals surface area contributed by atoms with Crippen LogP contribution >= 0.6 is 0 Å². The molecule has 0 aromatic heterocycles. The molecule has 0 aliphatic heterocycles. The first-order valence-corrected chi connectivity index (χ1v) is 3.66. The van der Waals surface area contributed by atoms with E-state index in [0.717, 1.165) is 17.6 Å². The molecule has 66 valence electrons. The first-order chi connectivity index (χ1) is 4.62. The van der Waals surface area contributed by atoms with Gasteiger partial charge in [-0.15, -0.1) is 0 Å². The average Bonchev–Trinajstić information content (AvgIpc) is 1.84. The molecule has 0 aromatic carbocycles. The highest BCUT2D eigenvalue weighted by molar-refractivity contribution is 4.77. The van der Waals surface area contributed by atoms with Crippen molar-refractivity contribution in [2.24, 2.45) is 0 Å². The Balaban J connectivity index is 0. The summed E-state index contributed by atoms with van der Waals surface area (Å²) in [5, 5.41) is 0. The van der Waals surface area contributed by atoms with Crippen LogP contribution in [-0.4, -0.2) is 31.7 Å². The molecular formula is C9H18ClN. The van der Waals surface area contributed by atoms with Gasteiger partial charge in [0.2, 0.25) is 0 Å². The number of nitrogens with zero attached hydrogens (tertiary/aromatic N) is 1. The number of allylic oxidation sites excluding steroid dienone is 1. The van der Waals surface area contributed by atoms with Gasteiger partial charge in [-0.1, -0.05) is 12.7 Å². The third-order valence-corrected chi connectivity index (χ3v) is 1.46. The first kappa shape index (κ1) is 13.3. The molecule has 0 aliphatic rings. The fourth-order valence-electron chi connectivity index (χ4n) is 0.815. The van der Waals surface area contributed by atoms with Gasteiger partial charge >= 0.3 is 0 Å². The number of likely N-dealkylation sites (N-methyl/N-ethyl adjacent to an activating group) is 1. The molecule has 0 radical (unpaired) electrons. The largest absolute Gasteiger partial charge is 1.00 e. The number of rotatable bonds is 4. The predicted molar refractivity (Wildman–Crippen MR) is 46.9 cm³/mol. The van der Waals surface area contributed by atoms with Crippen LogP contribution in [-0.2, 0) is 0 Å². The van der Waals surface area contributed by atoms with Crippen molar-refractivity contribution < 1.29 is 16.9 Å². The third kappa shape index (κ3) is 7.63. The zero-order valence-electron chi connectivity index (χ0n) is 7.68. The van der Waals surface area contributed by atoms with Crippen molar-refractivity contribution in [3.8, 4) is 0 Å². The fourth-order valence-corrected chi connectivity index (χ4v) is 0.815. The molecule has 0 aliphatic carbocycles. The van der Waals surface area contributed by atoms with Gasteiger partial charge < -0.3 is 16.9 Å². The van der Waals surface area contributed by atoms with Crippen LogP contribution < -0.4 is 12.4 Å². The topological polar surface area (TPSA) is 0 Å². The molecule has 0 amide bonds. The average molecular weight is 176 g/mol. The molecule has 0 aromatic rings. The molecule has 0 unspecified atom stereocenters.